The first-order valence-corrected chi connectivity index (χ1v) is 5.87. The third-order valence-electron chi connectivity index (χ3n) is 3.15. The van der Waals surface area contributed by atoms with Crippen molar-refractivity contribution in [3.8, 4) is 0 Å². The number of aliphatic carboxylic acids is 1. The van der Waals surface area contributed by atoms with E-state index in [0.29, 0.717) is 0 Å². The Morgan fingerprint density at radius 2 is 1.95 bits per heavy atom. The van der Waals surface area contributed by atoms with E-state index in [4.69, 9.17) is 9.84 Å². The van der Waals surface area contributed by atoms with E-state index in [1.165, 1.54) is 30.9 Å². The maximum absolute atomic E-state index is 12.1. The summed E-state index contributed by atoms with van der Waals surface area (Å²) >= 11 is 0. The fourth-order valence-corrected chi connectivity index (χ4v) is 1.93. The van der Waals surface area contributed by atoms with Crippen LogP contribution < -0.4 is 5.32 Å². The van der Waals surface area contributed by atoms with Crippen LogP contribution in [-0.2, 0) is 14.3 Å². The topological polar surface area (TPSA) is 99.2 Å². The molecule has 1 fully saturated rings. The largest absolute Gasteiger partial charge is 0.481 e. The van der Waals surface area contributed by atoms with E-state index < -0.39 is 24.0 Å². The lowest BCUT2D eigenvalue weighted by atomic mass is 10.0. The van der Waals surface area contributed by atoms with Crippen molar-refractivity contribution in [2.75, 3.05) is 40.9 Å². The Bertz CT molecular complexity index is 373. The number of hydrogen-bond acceptors (Lipinski definition) is 4. The maximum Gasteiger partial charge on any atom is 0.320 e. The number of nitrogens with one attached hydrogen (secondary N) is 1. The van der Waals surface area contributed by atoms with E-state index in [9.17, 15) is 14.4 Å². The van der Waals surface area contributed by atoms with Gasteiger partial charge < -0.3 is 25.0 Å². The normalized spacial score (nSPS) is 21.8. The summed E-state index contributed by atoms with van der Waals surface area (Å²) in [5, 5.41) is 11.5. The Hall–Kier alpha value is -1.83. The molecule has 1 rings (SSSR count). The number of hydrogen-bond donors (Lipinski definition) is 2. The first kappa shape index (κ1) is 15.2. The average Bonchev–Trinajstić information content (AvgIpc) is 2.85. The molecule has 1 saturated heterocycles. The van der Waals surface area contributed by atoms with Gasteiger partial charge in [0, 0.05) is 21.1 Å². The standard InChI is InChI=1S/C11H19N3O5/c1-12-9(15)4-13(2)11(18)14(3)8-6-19-5-7(8)10(16)17/h7-8H,4-6H2,1-3H3,(H,12,15)(H,16,17). The van der Waals surface area contributed by atoms with Gasteiger partial charge in [-0.3, -0.25) is 9.59 Å². The number of ether oxygens (including phenoxy) is 1. The Balaban J connectivity index is 2.65. The molecule has 1 heterocycles. The molecule has 0 saturated carbocycles. The van der Waals surface area contributed by atoms with Crippen LogP contribution in [0.25, 0.3) is 0 Å². The van der Waals surface area contributed by atoms with E-state index in [1.54, 1.807) is 0 Å². The van der Waals surface area contributed by atoms with Crippen LogP contribution in [0.4, 0.5) is 4.79 Å². The number of nitrogens with zero attached hydrogens (tertiary/aromatic N) is 2. The maximum atomic E-state index is 12.1. The zero-order valence-electron chi connectivity index (χ0n) is 11.3. The van der Waals surface area contributed by atoms with Crippen LogP contribution in [-0.4, -0.2) is 79.8 Å². The summed E-state index contributed by atoms with van der Waals surface area (Å²) in [5.41, 5.74) is 0. The van der Waals surface area contributed by atoms with Crippen LogP contribution in [0, 0.1) is 5.92 Å². The van der Waals surface area contributed by atoms with E-state index in [0.717, 1.165) is 0 Å². The van der Waals surface area contributed by atoms with Gasteiger partial charge >= 0.3 is 12.0 Å². The molecular formula is C11H19N3O5. The van der Waals surface area contributed by atoms with Crippen molar-refractivity contribution in [1.82, 2.24) is 15.1 Å². The SMILES string of the molecule is CNC(=O)CN(C)C(=O)N(C)C1COCC1C(=O)O. The van der Waals surface area contributed by atoms with Gasteiger partial charge in [-0.25, -0.2) is 4.79 Å². The zero-order chi connectivity index (χ0) is 14.6. The second kappa shape index (κ2) is 6.37. The summed E-state index contributed by atoms with van der Waals surface area (Å²) in [6, 6.07) is -0.928. The molecule has 2 atom stereocenters. The summed E-state index contributed by atoms with van der Waals surface area (Å²) in [6.45, 7) is 0.203. The van der Waals surface area contributed by atoms with Gasteiger partial charge in [-0.05, 0) is 0 Å². The molecule has 3 amide bonds. The number of amides is 3. The summed E-state index contributed by atoms with van der Waals surface area (Å²) in [4.78, 5) is 36.9. The summed E-state index contributed by atoms with van der Waals surface area (Å²) in [7, 11) is 4.48. The molecule has 2 unspecified atom stereocenters. The molecule has 0 aromatic carbocycles. The highest BCUT2D eigenvalue weighted by atomic mass is 16.5. The van der Waals surface area contributed by atoms with Gasteiger partial charge in [-0.2, -0.15) is 0 Å². The number of urea groups is 1. The van der Waals surface area contributed by atoms with Crippen LogP contribution in [0.1, 0.15) is 0 Å². The third kappa shape index (κ3) is 3.57. The molecule has 1 aliphatic heterocycles. The minimum Gasteiger partial charge on any atom is -0.481 e. The number of rotatable bonds is 4. The molecule has 0 bridgehead atoms. The highest BCUT2D eigenvalue weighted by Gasteiger charge is 2.39. The smallest absolute Gasteiger partial charge is 0.320 e. The lowest BCUT2D eigenvalue weighted by Crippen LogP contribution is -2.50. The molecule has 8 nitrogen and oxygen atoms in total. The minimum atomic E-state index is -0.990. The first-order valence-electron chi connectivity index (χ1n) is 5.87. The first-order chi connectivity index (χ1) is 8.88. The Morgan fingerprint density at radius 1 is 1.32 bits per heavy atom. The van der Waals surface area contributed by atoms with E-state index >= 15 is 0 Å². The Kier molecular flexibility index (Phi) is 5.11. The van der Waals surface area contributed by atoms with Crippen molar-refractivity contribution in [1.29, 1.82) is 0 Å². The number of likely N-dealkylation sites (N-methyl/N-ethyl adjacent to an activating group) is 3. The molecule has 1 aliphatic rings. The van der Waals surface area contributed by atoms with Crippen LogP contribution >= 0.6 is 0 Å². The fraction of sp³-hybridized carbons (Fsp3) is 0.727. The molecule has 8 heteroatoms. The fourth-order valence-electron chi connectivity index (χ4n) is 1.93. The number of carbonyl (C=O) groups is 3. The number of carboxylic acid groups (broad SMARTS) is 1. The molecule has 0 aromatic rings. The van der Waals surface area contributed by atoms with E-state index in [-0.39, 0.29) is 25.7 Å². The molecule has 2 N–H and O–H groups in total. The Labute approximate surface area is 111 Å². The second-order valence-electron chi connectivity index (χ2n) is 4.47. The summed E-state index contributed by atoms with van der Waals surface area (Å²) in [5.74, 6) is -2.01. The van der Waals surface area contributed by atoms with E-state index in [2.05, 4.69) is 5.32 Å². The predicted molar refractivity (Wildman–Crippen MR) is 65.6 cm³/mol. The molecule has 0 spiro atoms. The highest BCUT2D eigenvalue weighted by Crippen LogP contribution is 2.19. The summed E-state index contributed by atoms with van der Waals surface area (Å²) < 4.78 is 5.11. The van der Waals surface area contributed by atoms with Gasteiger partial charge in [0.2, 0.25) is 5.91 Å². The van der Waals surface area contributed by atoms with Crippen LogP contribution in [0.15, 0.2) is 0 Å². The lowest BCUT2D eigenvalue weighted by molar-refractivity contribution is -0.142. The van der Waals surface area contributed by atoms with Gasteiger partial charge in [-0.15, -0.1) is 0 Å². The predicted octanol–water partition coefficient (Wildman–Crippen LogP) is -1.18. The minimum absolute atomic E-state index is 0.0784. The average molecular weight is 273 g/mol. The van der Waals surface area contributed by atoms with Crippen molar-refractivity contribution in [2.45, 2.75) is 6.04 Å². The monoisotopic (exact) mass is 273 g/mol. The van der Waals surface area contributed by atoms with Gasteiger partial charge in [0.05, 0.1) is 19.3 Å². The zero-order valence-corrected chi connectivity index (χ0v) is 11.3. The number of carboxylic acids is 1. The van der Waals surface area contributed by atoms with Crippen molar-refractivity contribution in [3.05, 3.63) is 0 Å². The van der Waals surface area contributed by atoms with Crippen molar-refractivity contribution in [3.63, 3.8) is 0 Å². The molecule has 0 radical (unpaired) electrons. The highest BCUT2D eigenvalue weighted by molar-refractivity contribution is 5.84. The van der Waals surface area contributed by atoms with Crippen molar-refractivity contribution >= 4 is 17.9 Å². The van der Waals surface area contributed by atoms with E-state index in [1.807, 2.05) is 0 Å². The third-order valence-corrected chi connectivity index (χ3v) is 3.15. The second-order valence-corrected chi connectivity index (χ2v) is 4.47. The quantitative estimate of drug-likeness (QED) is 0.671. The molecule has 108 valence electrons. The van der Waals surface area contributed by atoms with Gasteiger partial charge in [0.15, 0.2) is 0 Å². The molecule has 0 aromatic heterocycles. The molecule has 0 aliphatic carbocycles. The Morgan fingerprint density at radius 3 is 2.47 bits per heavy atom. The van der Waals surface area contributed by atoms with Gasteiger partial charge in [0.25, 0.3) is 0 Å². The van der Waals surface area contributed by atoms with Crippen LogP contribution in [0.3, 0.4) is 0 Å². The van der Waals surface area contributed by atoms with Crippen LogP contribution in [0.2, 0.25) is 0 Å². The molecule has 19 heavy (non-hydrogen) atoms. The van der Waals surface area contributed by atoms with Crippen molar-refractivity contribution in [2.24, 2.45) is 5.92 Å². The lowest BCUT2D eigenvalue weighted by Gasteiger charge is -2.30. The van der Waals surface area contributed by atoms with Crippen molar-refractivity contribution < 1.29 is 24.2 Å². The molecular weight excluding hydrogens is 254 g/mol. The van der Waals surface area contributed by atoms with Gasteiger partial charge in [0.1, 0.15) is 12.5 Å². The summed E-state index contributed by atoms with van der Waals surface area (Å²) in [6.07, 6.45) is 0. The van der Waals surface area contributed by atoms with Crippen LogP contribution in [0.5, 0.6) is 0 Å². The van der Waals surface area contributed by atoms with Gasteiger partial charge in [-0.1, -0.05) is 0 Å². The number of carbonyl (C=O) groups excluding carboxylic acids is 2.